The molecule has 1 saturated heterocycles. The van der Waals surface area contributed by atoms with Crippen molar-refractivity contribution in [3.63, 3.8) is 0 Å². The van der Waals surface area contributed by atoms with Gasteiger partial charge in [-0.1, -0.05) is 24.8 Å². The Morgan fingerprint density at radius 2 is 1.76 bits per heavy atom. The van der Waals surface area contributed by atoms with Gasteiger partial charge in [0.05, 0.1) is 23.6 Å². The number of carbonyl (C=O) groups is 2. The number of rotatable bonds is 6. The van der Waals surface area contributed by atoms with Gasteiger partial charge in [-0.05, 0) is 97.9 Å². The molecule has 1 aromatic heterocycles. The molecule has 2 aromatic carbocycles. The predicted molar refractivity (Wildman–Crippen MR) is 167 cm³/mol. The van der Waals surface area contributed by atoms with Gasteiger partial charge in [-0.25, -0.2) is 10.6 Å². The number of aromatic nitrogens is 2. The number of likely N-dealkylation sites (tertiary alicyclic amines) is 1. The molecule has 2 fully saturated rings. The van der Waals surface area contributed by atoms with Crippen LogP contribution in [0.2, 0.25) is 0 Å². The van der Waals surface area contributed by atoms with Crippen molar-refractivity contribution >= 4 is 17.5 Å². The highest BCUT2D eigenvalue weighted by atomic mass is 16.5. The number of hydrogen-bond acceptors (Lipinski definition) is 10. The van der Waals surface area contributed by atoms with E-state index in [4.69, 9.17) is 16.2 Å². The highest BCUT2D eigenvalue weighted by Gasteiger charge is 2.57. The van der Waals surface area contributed by atoms with E-state index in [0.29, 0.717) is 42.3 Å². The van der Waals surface area contributed by atoms with Crippen LogP contribution in [0.5, 0.6) is 0 Å². The Labute approximate surface area is 265 Å². The zero-order valence-corrected chi connectivity index (χ0v) is 25.8. The molecule has 5 atom stereocenters. The van der Waals surface area contributed by atoms with Gasteiger partial charge >= 0.3 is 5.76 Å². The number of benzene rings is 2. The van der Waals surface area contributed by atoms with Gasteiger partial charge in [-0.3, -0.25) is 20.9 Å². The standard InChI is InChI=1S/C33H37N9O4/c1-17(39-35)18-6-8-24-19(10-18)4-5-20-11-21(29(44)40-36)7-9-25(20)33(24)14-27(32(2,3)42-30(33)38-31(45)46-42)37-16-28(43)41-23(15-34)12-22-13-26(22)41/h6-11,22-23,26-27,37,39H,1,4-5,12-14,16,35-36H2,2-3H3,(H,40,44)/t22?,23?,26?,27-,33?/m0/s1. The van der Waals surface area contributed by atoms with Crippen molar-refractivity contribution in [1.29, 1.82) is 5.26 Å². The monoisotopic (exact) mass is 623 g/mol. The summed E-state index contributed by atoms with van der Waals surface area (Å²) >= 11 is 0. The molecule has 238 valence electrons. The largest absolute Gasteiger partial charge is 0.459 e. The lowest BCUT2D eigenvalue weighted by molar-refractivity contribution is -0.131. The van der Waals surface area contributed by atoms with Crippen LogP contribution in [0, 0.1) is 17.2 Å². The minimum atomic E-state index is -0.998. The maximum atomic E-state index is 13.6. The molecule has 7 N–H and O–H groups in total. The SMILES string of the molecule is C=C(NN)c1ccc2c(c1)CCc1cc(C(=O)NN)ccc1C21C[C@H](NCC(=O)N2C(C#N)CC3CC32)C(C)(C)n2oc(=O)nc21. The molecule has 13 heteroatoms. The normalized spacial score (nSPS) is 26.5. The second-order valence-electron chi connectivity index (χ2n) is 13.4. The van der Waals surface area contributed by atoms with Gasteiger partial charge in [0.1, 0.15) is 6.04 Å². The number of nitriles is 1. The van der Waals surface area contributed by atoms with Crippen LogP contribution in [0.15, 0.2) is 52.3 Å². The Hall–Kier alpha value is -4.77. The van der Waals surface area contributed by atoms with Gasteiger partial charge < -0.3 is 20.2 Å². The van der Waals surface area contributed by atoms with Crippen LogP contribution >= 0.6 is 0 Å². The molecule has 4 aliphatic rings. The molecule has 7 rings (SSSR count). The summed E-state index contributed by atoms with van der Waals surface area (Å²) in [7, 11) is 0. The van der Waals surface area contributed by atoms with E-state index < -0.39 is 28.7 Å². The molecule has 2 amide bonds. The first kappa shape index (κ1) is 29.9. The summed E-state index contributed by atoms with van der Waals surface area (Å²) in [5.41, 5.74) is 8.53. The lowest BCUT2D eigenvalue weighted by Crippen LogP contribution is -2.59. The number of hydrazine groups is 2. The molecule has 1 spiro atoms. The van der Waals surface area contributed by atoms with Crippen molar-refractivity contribution in [2.45, 2.75) is 75.0 Å². The molecule has 1 saturated carbocycles. The number of nitrogens with two attached hydrogens (primary N) is 2. The van der Waals surface area contributed by atoms with Gasteiger partial charge in [0.2, 0.25) is 5.91 Å². The second kappa shape index (κ2) is 10.7. The summed E-state index contributed by atoms with van der Waals surface area (Å²) in [6.45, 7) is 7.96. The molecule has 3 heterocycles. The molecule has 2 aliphatic carbocycles. The van der Waals surface area contributed by atoms with Crippen LogP contribution in [0.25, 0.3) is 5.70 Å². The Morgan fingerprint density at radius 1 is 1.09 bits per heavy atom. The number of hydrogen-bond donors (Lipinski definition) is 5. The van der Waals surface area contributed by atoms with Crippen molar-refractivity contribution in [3.8, 4) is 6.07 Å². The van der Waals surface area contributed by atoms with E-state index in [-0.39, 0.29) is 24.5 Å². The molecular formula is C33H37N9O4. The number of amides is 2. The minimum Gasteiger partial charge on any atom is -0.324 e. The van der Waals surface area contributed by atoms with Crippen molar-refractivity contribution in [3.05, 3.63) is 92.7 Å². The number of aryl methyl sites for hydroxylation is 2. The summed E-state index contributed by atoms with van der Waals surface area (Å²) in [6, 6.07) is 13.1. The van der Waals surface area contributed by atoms with Crippen LogP contribution < -0.4 is 33.6 Å². The fourth-order valence-electron chi connectivity index (χ4n) is 8.08. The number of fused-ring (bicyclic) bond motifs is 7. The van der Waals surface area contributed by atoms with Crippen molar-refractivity contribution in [2.24, 2.45) is 17.6 Å². The minimum absolute atomic E-state index is 0.0239. The summed E-state index contributed by atoms with van der Waals surface area (Å²) in [5, 5.41) is 13.2. The van der Waals surface area contributed by atoms with Crippen LogP contribution in [-0.4, -0.2) is 51.1 Å². The average Bonchev–Trinajstić information content (AvgIpc) is 3.57. The molecular weight excluding hydrogens is 586 g/mol. The van der Waals surface area contributed by atoms with Crippen molar-refractivity contribution in [2.75, 3.05) is 6.54 Å². The van der Waals surface area contributed by atoms with Gasteiger partial charge in [0, 0.05) is 23.3 Å². The third-order valence-electron chi connectivity index (χ3n) is 10.6. The quantitative estimate of drug-likeness (QED) is 0.150. The maximum Gasteiger partial charge on any atom is 0.459 e. The smallest absolute Gasteiger partial charge is 0.324 e. The highest BCUT2D eigenvalue weighted by molar-refractivity contribution is 5.94. The van der Waals surface area contributed by atoms with Crippen molar-refractivity contribution < 1.29 is 14.1 Å². The zero-order chi connectivity index (χ0) is 32.5. The summed E-state index contributed by atoms with van der Waals surface area (Å²) in [6.07, 6.45) is 3.30. The molecule has 0 bridgehead atoms. The number of nitrogens with zero attached hydrogens (tertiary/aromatic N) is 4. The average molecular weight is 624 g/mol. The number of nitrogens with one attached hydrogen (secondary N) is 3. The summed E-state index contributed by atoms with van der Waals surface area (Å²) < 4.78 is 7.41. The van der Waals surface area contributed by atoms with E-state index in [0.717, 1.165) is 40.7 Å². The first-order chi connectivity index (χ1) is 22.0. The first-order valence-electron chi connectivity index (χ1n) is 15.5. The number of piperidine rings is 1. The summed E-state index contributed by atoms with van der Waals surface area (Å²) in [4.78, 5) is 45.4. The lowest BCUT2D eigenvalue weighted by Gasteiger charge is -2.48. The third-order valence-corrected chi connectivity index (χ3v) is 10.6. The molecule has 0 radical (unpaired) electrons. The van der Waals surface area contributed by atoms with Crippen LogP contribution in [0.1, 0.15) is 77.1 Å². The van der Waals surface area contributed by atoms with Crippen LogP contribution in [0.3, 0.4) is 0 Å². The van der Waals surface area contributed by atoms with E-state index >= 15 is 0 Å². The topological polar surface area (TPSA) is 197 Å². The van der Waals surface area contributed by atoms with Gasteiger partial charge in [0.15, 0.2) is 5.82 Å². The van der Waals surface area contributed by atoms with Gasteiger partial charge in [-0.15, -0.1) is 0 Å². The number of carbonyl (C=O) groups excluding carboxylic acids is 2. The van der Waals surface area contributed by atoms with E-state index in [1.54, 1.807) is 15.7 Å². The Morgan fingerprint density at radius 3 is 2.41 bits per heavy atom. The predicted octanol–water partition coefficient (Wildman–Crippen LogP) is 0.917. The van der Waals surface area contributed by atoms with Gasteiger partial charge in [-0.2, -0.15) is 15.0 Å². The zero-order valence-electron chi connectivity index (χ0n) is 25.8. The first-order valence-corrected chi connectivity index (χ1v) is 15.5. The highest BCUT2D eigenvalue weighted by Crippen LogP contribution is 2.52. The lowest BCUT2D eigenvalue weighted by atomic mass is 9.63. The van der Waals surface area contributed by atoms with Crippen molar-refractivity contribution in [1.82, 2.24) is 30.8 Å². The van der Waals surface area contributed by atoms with E-state index in [1.807, 2.05) is 44.2 Å². The Kier molecular flexibility index (Phi) is 6.93. The Bertz CT molecular complexity index is 1820. The Balaban J connectivity index is 1.38. The van der Waals surface area contributed by atoms with Gasteiger partial charge in [0.25, 0.3) is 5.91 Å². The number of nitrogen functional groups attached to an aromatic ring is 1. The van der Waals surface area contributed by atoms with E-state index in [9.17, 15) is 19.6 Å². The van der Waals surface area contributed by atoms with Crippen LogP contribution in [0.4, 0.5) is 0 Å². The van der Waals surface area contributed by atoms with E-state index in [1.165, 1.54) is 0 Å². The third kappa shape index (κ3) is 4.39. The fraction of sp³-hybridized carbons (Fsp3) is 0.424. The molecule has 4 unspecified atom stereocenters. The fourth-order valence-corrected chi connectivity index (χ4v) is 8.08. The molecule has 3 aromatic rings. The summed E-state index contributed by atoms with van der Waals surface area (Å²) in [5.74, 6) is 10.8. The molecule has 13 nitrogen and oxygen atoms in total. The second-order valence-corrected chi connectivity index (χ2v) is 13.4. The molecule has 2 aliphatic heterocycles. The van der Waals surface area contributed by atoms with Crippen LogP contribution in [-0.2, 0) is 28.6 Å². The maximum absolute atomic E-state index is 13.6. The molecule has 46 heavy (non-hydrogen) atoms. The van der Waals surface area contributed by atoms with E-state index in [2.05, 4.69) is 33.8 Å².